The highest BCUT2D eigenvalue weighted by atomic mass is 32.1. The van der Waals surface area contributed by atoms with E-state index in [0.29, 0.717) is 5.92 Å². The van der Waals surface area contributed by atoms with Crippen molar-refractivity contribution in [2.24, 2.45) is 5.92 Å². The van der Waals surface area contributed by atoms with Crippen LogP contribution in [0.15, 0.2) is 12.2 Å². The fraction of sp³-hybridized carbons (Fsp3) is 0.800. The third-order valence-corrected chi connectivity index (χ3v) is 3.44. The second-order valence-corrected chi connectivity index (χ2v) is 5.21. The van der Waals surface area contributed by atoms with Crippen LogP contribution in [-0.4, -0.2) is 16.0 Å². The highest BCUT2D eigenvalue weighted by Gasteiger charge is 2.36. The van der Waals surface area contributed by atoms with Crippen molar-refractivity contribution in [3.8, 4) is 0 Å². The third kappa shape index (κ3) is 2.05. The van der Waals surface area contributed by atoms with Gasteiger partial charge in [-0.25, -0.2) is 0 Å². The highest BCUT2D eigenvalue weighted by Crippen LogP contribution is 2.38. The van der Waals surface area contributed by atoms with Crippen LogP contribution in [0.2, 0.25) is 0 Å². The van der Waals surface area contributed by atoms with E-state index in [-0.39, 0.29) is 10.9 Å². The molecule has 0 amide bonds. The molecule has 0 spiro atoms. The van der Waals surface area contributed by atoms with Gasteiger partial charge in [0.05, 0.1) is 6.10 Å². The summed E-state index contributed by atoms with van der Waals surface area (Å²) in [6.45, 7) is 7.97. The maximum atomic E-state index is 9.74. The van der Waals surface area contributed by atoms with E-state index >= 15 is 0 Å². The molecule has 1 aliphatic carbocycles. The van der Waals surface area contributed by atoms with Crippen LogP contribution in [0.3, 0.4) is 0 Å². The molecule has 70 valence electrons. The number of hydrogen-bond donors (Lipinski definition) is 2. The minimum Gasteiger partial charge on any atom is -0.392 e. The van der Waals surface area contributed by atoms with Crippen molar-refractivity contribution >= 4 is 12.6 Å². The predicted octanol–water partition coefficient (Wildman–Crippen LogP) is 2.41. The molecule has 1 N–H and O–H groups in total. The summed E-state index contributed by atoms with van der Waals surface area (Å²) in [5.74, 6) is 0.500. The zero-order chi connectivity index (χ0) is 9.35. The van der Waals surface area contributed by atoms with E-state index in [1.165, 1.54) is 5.57 Å². The van der Waals surface area contributed by atoms with Gasteiger partial charge in [0.1, 0.15) is 0 Å². The lowest BCUT2D eigenvalue weighted by Crippen LogP contribution is -2.40. The van der Waals surface area contributed by atoms with Gasteiger partial charge in [-0.3, -0.25) is 0 Å². The van der Waals surface area contributed by atoms with Crippen molar-refractivity contribution in [2.75, 3.05) is 0 Å². The van der Waals surface area contributed by atoms with Gasteiger partial charge in [-0.05, 0) is 39.0 Å². The van der Waals surface area contributed by atoms with Crippen molar-refractivity contribution in [1.29, 1.82) is 0 Å². The van der Waals surface area contributed by atoms with Crippen molar-refractivity contribution < 1.29 is 5.11 Å². The molecule has 1 nitrogen and oxygen atoms in total. The molecule has 1 fully saturated rings. The van der Waals surface area contributed by atoms with E-state index < -0.39 is 0 Å². The van der Waals surface area contributed by atoms with Crippen molar-refractivity contribution in [1.82, 2.24) is 0 Å². The Kier molecular flexibility index (Phi) is 2.89. The van der Waals surface area contributed by atoms with Gasteiger partial charge in [0.25, 0.3) is 0 Å². The molecule has 0 radical (unpaired) electrons. The molecule has 0 bridgehead atoms. The Morgan fingerprint density at radius 2 is 2.25 bits per heavy atom. The number of aliphatic hydroxyl groups excluding tert-OH is 1. The fourth-order valence-corrected chi connectivity index (χ4v) is 1.96. The Morgan fingerprint density at radius 1 is 1.67 bits per heavy atom. The largest absolute Gasteiger partial charge is 0.392 e. The molecule has 3 atom stereocenters. The van der Waals surface area contributed by atoms with Crippen molar-refractivity contribution in [3.63, 3.8) is 0 Å². The monoisotopic (exact) mass is 186 g/mol. The maximum absolute atomic E-state index is 9.74. The molecule has 0 heterocycles. The average molecular weight is 186 g/mol. The Balaban J connectivity index is 2.58. The molecule has 1 unspecified atom stereocenters. The second-order valence-electron chi connectivity index (χ2n) is 4.19. The first-order valence-corrected chi connectivity index (χ1v) is 4.94. The first-order chi connectivity index (χ1) is 5.43. The Hall–Kier alpha value is 0.0500. The molecule has 1 rings (SSSR count). The maximum Gasteiger partial charge on any atom is 0.0687 e. The lowest BCUT2D eigenvalue weighted by atomic mass is 9.77. The standard InChI is InChI=1S/C10H18OS/c1-7(2)8-4-5-10(3,12)9(11)6-8/h8-9,11-12H,1,4-6H2,2-3H3/t8-,9?,10+/m1/s1. The second kappa shape index (κ2) is 3.43. The van der Waals surface area contributed by atoms with Gasteiger partial charge in [0, 0.05) is 4.75 Å². The van der Waals surface area contributed by atoms with Crippen LogP contribution in [0, 0.1) is 5.92 Å². The van der Waals surface area contributed by atoms with Crippen LogP contribution in [0.4, 0.5) is 0 Å². The molecule has 12 heavy (non-hydrogen) atoms. The molecule has 0 aliphatic heterocycles. The van der Waals surface area contributed by atoms with E-state index in [4.69, 9.17) is 0 Å². The Morgan fingerprint density at radius 3 is 2.67 bits per heavy atom. The molecule has 0 aromatic carbocycles. The van der Waals surface area contributed by atoms with Crippen LogP contribution < -0.4 is 0 Å². The number of rotatable bonds is 1. The third-order valence-electron chi connectivity index (χ3n) is 2.92. The topological polar surface area (TPSA) is 20.2 Å². The van der Waals surface area contributed by atoms with E-state index in [2.05, 4.69) is 19.2 Å². The van der Waals surface area contributed by atoms with E-state index in [1.54, 1.807) is 0 Å². The molecule has 1 saturated carbocycles. The van der Waals surface area contributed by atoms with Crippen LogP contribution in [0.25, 0.3) is 0 Å². The summed E-state index contributed by atoms with van der Waals surface area (Å²) in [5.41, 5.74) is 1.19. The van der Waals surface area contributed by atoms with Crippen molar-refractivity contribution in [3.05, 3.63) is 12.2 Å². The summed E-state index contributed by atoms with van der Waals surface area (Å²) in [4.78, 5) is 0. The first kappa shape index (κ1) is 10.1. The molecule has 0 aromatic heterocycles. The summed E-state index contributed by atoms with van der Waals surface area (Å²) in [6.07, 6.45) is 2.65. The number of aliphatic hydroxyl groups is 1. The first-order valence-electron chi connectivity index (χ1n) is 4.49. The van der Waals surface area contributed by atoms with Crippen molar-refractivity contribution in [2.45, 2.75) is 44.0 Å². The predicted molar refractivity (Wildman–Crippen MR) is 55.6 cm³/mol. The number of thiol groups is 1. The number of allylic oxidation sites excluding steroid dienone is 1. The minimum absolute atomic E-state index is 0.189. The van der Waals surface area contributed by atoms with Crippen LogP contribution in [0.1, 0.15) is 33.1 Å². The molecular formula is C10H18OS. The van der Waals surface area contributed by atoms with E-state index in [1.807, 2.05) is 13.8 Å². The zero-order valence-electron chi connectivity index (χ0n) is 7.88. The Bertz CT molecular complexity index is 186. The van der Waals surface area contributed by atoms with Gasteiger partial charge < -0.3 is 5.11 Å². The summed E-state index contributed by atoms with van der Waals surface area (Å²) < 4.78 is -0.189. The molecule has 0 aromatic rings. The summed E-state index contributed by atoms with van der Waals surface area (Å²) in [5, 5.41) is 9.74. The van der Waals surface area contributed by atoms with Crippen LogP contribution in [0.5, 0.6) is 0 Å². The molecule has 0 saturated heterocycles. The molecular weight excluding hydrogens is 168 g/mol. The SMILES string of the molecule is C=C(C)[C@@H]1CC[C@](C)(S)C(O)C1. The van der Waals surface area contributed by atoms with E-state index in [9.17, 15) is 5.11 Å². The van der Waals surface area contributed by atoms with E-state index in [0.717, 1.165) is 19.3 Å². The average Bonchev–Trinajstić information content (AvgIpc) is 1.94. The minimum atomic E-state index is -0.281. The normalized spacial score (nSPS) is 42.7. The fourth-order valence-electron chi connectivity index (χ4n) is 1.72. The smallest absolute Gasteiger partial charge is 0.0687 e. The number of hydrogen-bond acceptors (Lipinski definition) is 2. The van der Waals surface area contributed by atoms with Gasteiger partial charge in [-0.1, -0.05) is 12.2 Å². The lowest BCUT2D eigenvalue weighted by Gasteiger charge is -2.38. The van der Waals surface area contributed by atoms with Gasteiger partial charge in [-0.2, -0.15) is 12.6 Å². The van der Waals surface area contributed by atoms with Crippen LogP contribution >= 0.6 is 12.6 Å². The summed E-state index contributed by atoms with van der Waals surface area (Å²) in [6, 6.07) is 0. The summed E-state index contributed by atoms with van der Waals surface area (Å²) in [7, 11) is 0. The van der Waals surface area contributed by atoms with Crippen LogP contribution in [-0.2, 0) is 0 Å². The lowest BCUT2D eigenvalue weighted by molar-refractivity contribution is 0.0806. The molecule has 1 aliphatic rings. The zero-order valence-corrected chi connectivity index (χ0v) is 8.77. The Labute approximate surface area is 80.3 Å². The van der Waals surface area contributed by atoms with Gasteiger partial charge >= 0.3 is 0 Å². The quantitative estimate of drug-likeness (QED) is 0.476. The van der Waals surface area contributed by atoms with Gasteiger partial charge in [-0.15, -0.1) is 0 Å². The highest BCUT2D eigenvalue weighted by molar-refractivity contribution is 7.81. The molecule has 2 heteroatoms. The van der Waals surface area contributed by atoms with Gasteiger partial charge in [0.15, 0.2) is 0 Å². The summed E-state index contributed by atoms with van der Waals surface area (Å²) >= 11 is 4.44. The van der Waals surface area contributed by atoms with Gasteiger partial charge in [0.2, 0.25) is 0 Å².